The predicted octanol–water partition coefficient (Wildman–Crippen LogP) is 7.73. The largest absolute Gasteiger partial charge is 0.489 e. The van der Waals surface area contributed by atoms with Gasteiger partial charge in [0, 0.05) is 4.90 Å². The van der Waals surface area contributed by atoms with Gasteiger partial charge in [0.2, 0.25) is 0 Å². The number of benzene rings is 2. The lowest BCUT2D eigenvalue weighted by atomic mass is 9.72. The second-order valence-electron chi connectivity index (χ2n) is 11.6. The molecule has 0 aliphatic heterocycles. The van der Waals surface area contributed by atoms with Gasteiger partial charge in [0.05, 0.1) is 5.41 Å². The van der Waals surface area contributed by atoms with Crippen molar-refractivity contribution in [1.82, 2.24) is 0 Å². The van der Waals surface area contributed by atoms with Gasteiger partial charge in [-0.25, -0.2) is 0 Å². The van der Waals surface area contributed by atoms with Gasteiger partial charge in [0.1, 0.15) is 18.0 Å². The fraction of sp³-hybridized carbons (Fsp3) is 0.552. The molecule has 34 heavy (non-hydrogen) atoms. The van der Waals surface area contributed by atoms with E-state index in [4.69, 9.17) is 14.6 Å². The summed E-state index contributed by atoms with van der Waals surface area (Å²) in [5.41, 5.74) is 1.59. The summed E-state index contributed by atoms with van der Waals surface area (Å²) in [6.45, 7) is 14.8. The zero-order valence-corrected chi connectivity index (χ0v) is 22.9. The molecule has 2 aromatic rings. The molecule has 0 radical (unpaired) electrons. The van der Waals surface area contributed by atoms with Crippen LogP contribution in [0.3, 0.4) is 0 Å². The Labute approximate surface area is 211 Å². The molecule has 0 bridgehead atoms. The van der Waals surface area contributed by atoms with E-state index < -0.39 is 11.0 Å². The van der Waals surface area contributed by atoms with E-state index in [2.05, 4.69) is 26.0 Å². The van der Waals surface area contributed by atoms with E-state index in [-0.39, 0.29) is 11.4 Å². The Morgan fingerprint density at radius 2 is 1.44 bits per heavy atom. The first-order valence-corrected chi connectivity index (χ1v) is 13.1. The van der Waals surface area contributed by atoms with Crippen molar-refractivity contribution in [1.29, 1.82) is 0 Å². The van der Waals surface area contributed by atoms with Crippen molar-refractivity contribution in [2.45, 2.75) is 97.7 Å². The van der Waals surface area contributed by atoms with Crippen LogP contribution in [0.4, 0.5) is 0 Å². The molecule has 0 aromatic heterocycles. The lowest BCUT2D eigenvalue weighted by Crippen LogP contribution is -2.36. The van der Waals surface area contributed by atoms with E-state index >= 15 is 0 Å². The van der Waals surface area contributed by atoms with Gasteiger partial charge in [-0.15, -0.1) is 0 Å². The van der Waals surface area contributed by atoms with E-state index in [1.165, 1.54) is 17.5 Å². The molecule has 0 heterocycles. The van der Waals surface area contributed by atoms with E-state index in [1.807, 2.05) is 71.0 Å². The molecule has 0 saturated carbocycles. The summed E-state index contributed by atoms with van der Waals surface area (Å²) >= 11 is 1.25. The van der Waals surface area contributed by atoms with Crippen molar-refractivity contribution in [2.24, 2.45) is 16.0 Å². The summed E-state index contributed by atoms with van der Waals surface area (Å²) in [4.78, 5) is 13.7. The normalized spacial score (nSPS) is 12.5. The summed E-state index contributed by atoms with van der Waals surface area (Å²) < 4.78 is 11.5. The minimum absolute atomic E-state index is 0.0825. The Morgan fingerprint density at radius 1 is 0.853 bits per heavy atom. The number of carbonyl (C=O) groups is 1. The third-order valence-electron chi connectivity index (χ3n) is 5.83. The highest BCUT2D eigenvalue weighted by atomic mass is 32.2. The van der Waals surface area contributed by atoms with Gasteiger partial charge >= 0.3 is 5.97 Å². The molecular formula is C29H43NO3S. The van der Waals surface area contributed by atoms with Crippen LogP contribution in [0, 0.1) is 10.8 Å². The second kappa shape index (κ2) is 12.1. The fourth-order valence-electron chi connectivity index (χ4n) is 4.29. The van der Waals surface area contributed by atoms with Gasteiger partial charge in [-0.2, -0.15) is 0 Å². The van der Waals surface area contributed by atoms with Crippen LogP contribution in [-0.2, 0) is 22.6 Å². The number of hydrogen-bond acceptors (Lipinski definition) is 5. The third kappa shape index (κ3) is 10.1. The quantitative estimate of drug-likeness (QED) is 0.189. The van der Waals surface area contributed by atoms with Crippen molar-refractivity contribution in [3.8, 4) is 5.75 Å². The van der Waals surface area contributed by atoms with E-state index in [0.717, 1.165) is 48.3 Å². The lowest BCUT2D eigenvalue weighted by Gasteiger charge is -2.35. The van der Waals surface area contributed by atoms with Gasteiger partial charge in [-0.1, -0.05) is 44.5 Å². The maximum atomic E-state index is 12.6. The van der Waals surface area contributed by atoms with Crippen molar-refractivity contribution in [2.75, 3.05) is 0 Å². The highest BCUT2D eigenvalue weighted by Gasteiger charge is 2.37. The topological polar surface area (TPSA) is 61.5 Å². The molecule has 0 aliphatic rings. The standard InChI is InChI=1S/C29H43NO3S/c1-27(2,3)33-26(31)29(6,7)21-28(4,5)19-9-8-10-22-11-15-24(16-12-22)32-20-23-13-17-25(34-30)18-14-23/h11-18H,8-10,19-21,30H2,1-7H3. The van der Waals surface area contributed by atoms with Gasteiger partial charge in [-0.3, -0.25) is 9.93 Å². The zero-order valence-electron chi connectivity index (χ0n) is 22.1. The number of hydrogen-bond donors (Lipinski definition) is 1. The number of rotatable bonds is 12. The number of ether oxygens (including phenoxy) is 2. The number of unbranched alkanes of at least 4 members (excludes halogenated alkanes) is 1. The first-order valence-electron chi connectivity index (χ1n) is 12.2. The van der Waals surface area contributed by atoms with E-state index in [9.17, 15) is 4.79 Å². The smallest absolute Gasteiger partial charge is 0.312 e. The van der Waals surface area contributed by atoms with Crippen molar-refractivity contribution in [3.63, 3.8) is 0 Å². The summed E-state index contributed by atoms with van der Waals surface area (Å²) in [6.07, 6.45) is 5.20. The molecule has 0 unspecified atom stereocenters. The van der Waals surface area contributed by atoms with Crippen LogP contribution in [0.1, 0.15) is 85.3 Å². The molecule has 0 amide bonds. The molecule has 4 nitrogen and oxygen atoms in total. The minimum Gasteiger partial charge on any atom is -0.489 e. The molecule has 0 spiro atoms. The molecular weight excluding hydrogens is 442 g/mol. The van der Waals surface area contributed by atoms with Crippen LogP contribution in [0.2, 0.25) is 0 Å². The molecule has 5 heteroatoms. The van der Waals surface area contributed by atoms with Crippen molar-refractivity contribution >= 4 is 17.9 Å². The Kier molecular flexibility index (Phi) is 10.1. The predicted molar refractivity (Wildman–Crippen MR) is 143 cm³/mol. The first kappa shape index (κ1) is 28.3. The number of nitrogens with two attached hydrogens (primary N) is 1. The van der Waals surface area contributed by atoms with Crippen LogP contribution in [-0.4, -0.2) is 11.6 Å². The van der Waals surface area contributed by atoms with E-state index in [1.54, 1.807) is 0 Å². The van der Waals surface area contributed by atoms with Gasteiger partial charge < -0.3 is 9.47 Å². The highest BCUT2D eigenvalue weighted by Crippen LogP contribution is 2.39. The summed E-state index contributed by atoms with van der Waals surface area (Å²) in [5.74, 6) is 0.772. The fourth-order valence-corrected chi connectivity index (χ4v) is 4.58. The van der Waals surface area contributed by atoms with Crippen molar-refractivity contribution < 1.29 is 14.3 Å². The second-order valence-corrected chi connectivity index (χ2v) is 12.3. The van der Waals surface area contributed by atoms with Crippen LogP contribution in [0.25, 0.3) is 0 Å². The monoisotopic (exact) mass is 485 g/mol. The molecule has 188 valence electrons. The maximum Gasteiger partial charge on any atom is 0.312 e. The Hall–Kier alpha value is -1.98. The van der Waals surface area contributed by atoms with Gasteiger partial charge in [0.15, 0.2) is 0 Å². The molecule has 0 fully saturated rings. The molecule has 2 N–H and O–H groups in total. The summed E-state index contributed by atoms with van der Waals surface area (Å²) in [5, 5.41) is 5.57. The van der Waals surface area contributed by atoms with Crippen LogP contribution in [0.15, 0.2) is 53.4 Å². The van der Waals surface area contributed by atoms with Crippen LogP contribution >= 0.6 is 11.9 Å². The van der Waals surface area contributed by atoms with E-state index in [0.29, 0.717) is 6.61 Å². The SMILES string of the molecule is CC(C)(CCCCc1ccc(OCc2ccc(SN)cc2)cc1)CC(C)(C)C(=O)OC(C)(C)C. The van der Waals surface area contributed by atoms with Gasteiger partial charge in [-0.05, 0) is 113 Å². The molecule has 0 aliphatic carbocycles. The van der Waals surface area contributed by atoms with Crippen LogP contribution in [0.5, 0.6) is 5.75 Å². The average Bonchev–Trinajstić information content (AvgIpc) is 2.74. The van der Waals surface area contributed by atoms with Crippen LogP contribution < -0.4 is 9.88 Å². The third-order valence-corrected chi connectivity index (χ3v) is 6.37. The first-order chi connectivity index (χ1) is 15.8. The Morgan fingerprint density at radius 3 is 2.00 bits per heavy atom. The molecule has 2 aromatic carbocycles. The average molecular weight is 486 g/mol. The highest BCUT2D eigenvalue weighted by molar-refractivity contribution is 7.97. The van der Waals surface area contributed by atoms with Gasteiger partial charge in [0.25, 0.3) is 0 Å². The zero-order chi connectivity index (χ0) is 25.4. The van der Waals surface area contributed by atoms with Crippen molar-refractivity contribution in [3.05, 3.63) is 59.7 Å². The molecule has 0 atom stereocenters. The minimum atomic E-state index is -0.488. The number of aryl methyl sites for hydroxylation is 1. The molecule has 0 saturated heterocycles. The Balaban J connectivity index is 1.74. The Bertz CT molecular complexity index is 896. The summed E-state index contributed by atoms with van der Waals surface area (Å²) in [7, 11) is 0. The lowest BCUT2D eigenvalue weighted by molar-refractivity contribution is -0.167. The number of esters is 1. The molecule has 2 rings (SSSR count). The number of carbonyl (C=O) groups excluding carboxylic acids is 1. The maximum absolute atomic E-state index is 12.6. The summed E-state index contributed by atoms with van der Waals surface area (Å²) in [6, 6.07) is 16.5.